The van der Waals surface area contributed by atoms with Crippen LogP contribution in [-0.2, 0) is 35.0 Å². The van der Waals surface area contributed by atoms with Crippen LogP contribution in [0.4, 0.5) is 4.39 Å². The largest absolute Gasteiger partial charge is 0.380 e. The lowest BCUT2D eigenvalue weighted by Gasteiger charge is -2.16. The molecule has 29 heavy (non-hydrogen) atoms. The number of benzene rings is 3. The molecule has 0 fully saturated rings. The molecule has 0 bridgehead atoms. The van der Waals surface area contributed by atoms with Gasteiger partial charge in [0.1, 0.15) is 5.82 Å². The molecule has 3 rings (SSSR count). The van der Waals surface area contributed by atoms with E-state index in [4.69, 9.17) is 9.47 Å². The molecule has 0 aliphatic heterocycles. The van der Waals surface area contributed by atoms with Crippen LogP contribution in [0.5, 0.6) is 0 Å². The summed E-state index contributed by atoms with van der Waals surface area (Å²) >= 11 is 0. The van der Waals surface area contributed by atoms with Crippen molar-refractivity contribution in [2.24, 2.45) is 0 Å². The maximum absolute atomic E-state index is 15.3. The molecule has 0 aromatic heterocycles. The lowest BCUT2D eigenvalue weighted by atomic mass is 9.92. The van der Waals surface area contributed by atoms with Crippen molar-refractivity contribution in [1.29, 1.82) is 0 Å². The van der Waals surface area contributed by atoms with Gasteiger partial charge in [0.25, 0.3) is 0 Å². The lowest BCUT2D eigenvalue weighted by molar-refractivity contribution is 0.185. The Morgan fingerprint density at radius 2 is 1.28 bits per heavy atom. The predicted molar refractivity (Wildman–Crippen MR) is 126 cm³/mol. The number of ether oxygens (including phenoxy) is 2. The molecule has 0 N–H and O–H groups in total. The average molecular weight is 428 g/mol. The fourth-order valence-corrected chi connectivity index (χ4v) is 4.03. The van der Waals surface area contributed by atoms with Crippen LogP contribution < -0.4 is 0 Å². The quantitative estimate of drug-likeness (QED) is 0.398. The van der Waals surface area contributed by atoms with E-state index in [1.807, 2.05) is 30.3 Å². The van der Waals surface area contributed by atoms with Crippen LogP contribution in [0, 0.1) is 5.82 Å². The van der Waals surface area contributed by atoms with Crippen molar-refractivity contribution < 1.29 is 13.9 Å². The predicted octanol–water partition coefficient (Wildman–Crippen LogP) is 6.20. The summed E-state index contributed by atoms with van der Waals surface area (Å²) < 4.78 is 26.1. The van der Waals surface area contributed by atoms with E-state index in [0.717, 1.165) is 40.1 Å². The van der Waals surface area contributed by atoms with Crippen LogP contribution in [0.15, 0.2) is 54.6 Å². The Morgan fingerprint density at radius 3 is 1.86 bits per heavy atom. The van der Waals surface area contributed by atoms with Crippen molar-refractivity contribution in [1.82, 2.24) is 0 Å². The first-order valence-corrected chi connectivity index (χ1v) is 11.2. The van der Waals surface area contributed by atoms with Gasteiger partial charge in [0.2, 0.25) is 0 Å². The molecule has 0 saturated carbocycles. The summed E-state index contributed by atoms with van der Waals surface area (Å²) in [6.07, 6.45) is 1.74. The van der Waals surface area contributed by atoms with Gasteiger partial charge in [0, 0.05) is 19.8 Å². The minimum atomic E-state index is -0.244. The van der Waals surface area contributed by atoms with Gasteiger partial charge in [-0.3, -0.25) is 0 Å². The molecule has 152 valence electrons. The summed E-state index contributed by atoms with van der Waals surface area (Å²) in [6.45, 7) is 0.850. The first-order chi connectivity index (χ1) is 14.1. The first kappa shape index (κ1) is 22.1. The molecular weight excluding hydrogens is 401 g/mol. The van der Waals surface area contributed by atoms with Crippen LogP contribution in [-0.4, -0.2) is 14.2 Å². The molecule has 0 aliphatic rings. The van der Waals surface area contributed by atoms with E-state index in [1.54, 1.807) is 20.3 Å². The molecule has 2 atom stereocenters. The smallest absolute Gasteiger partial charge is 0.131 e. The zero-order chi connectivity index (χ0) is 20.8. The highest BCUT2D eigenvalue weighted by atomic mass is 31.0. The number of hydrogen-bond donors (Lipinski definition) is 0. The van der Waals surface area contributed by atoms with Gasteiger partial charge in [0.15, 0.2) is 0 Å². The minimum Gasteiger partial charge on any atom is -0.380 e. The van der Waals surface area contributed by atoms with E-state index < -0.39 is 0 Å². The Labute approximate surface area is 177 Å². The van der Waals surface area contributed by atoms with Gasteiger partial charge in [-0.1, -0.05) is 42.5 Å². The Bertz CT molecular complexity index is 971. The molecule has 0 heterocycles. The zero-order valence-corrected chi connectivity index (χ0v) is 19.2. The van der Waals surface area contributed by atoms with Crippen LogP contribution in [0.2, 0.25) is 0 Å². The summed E-state index contributed by atoms with van der Waals surface area (Å²) in [5.41, 5.74) is 7.61. The topological polar surface area (TPSA) is 18.5 Å². The molecule has 0 radical (unpaired) electrons. The second-order valence-electron chi connectivity index (χ2n) is 6.95. The van der Waals surface area contributed by atoms with Gasteiger partial charge < -0.3 is 9.47 Å². The standard InChI is InChI=1S/C24H27FO2P2/c1-26-12-19-9-17(15-29)5-8-21(19)23-10-20(13-27-2)22(11-24(23)25)18-6-3-16(14-28)4-7-18/h3-11H,12-15,28-29H2,1-2H3. The van der Waals surface area contributed by atoms with Gasteiger partial charge in [-0.25, -0.2) is 4.39 Å². The second-order valence-corrected chi connectivity index (χ2v) is 7.77. The van der Waals surface area contributed by atoms with Crippen molar-refractivity contribution in [2.45, 2.75) is 25.5 Å². The molecular formula is C24H27FO2P2. The van der Waals surface area contributed by atoms with Crippen LogP contribution in [0.25, 0.3) is 22.3 Å². The van der Waals surface area contributed by atoms with E-state index in [1.165, 1.54) is 11.1 Å². The molecule has 5 heteroatoms. The highest BCUT2D eigenvalue weighted by molar-refractivity contribution is 7.15. The molecule has 2 unspecified atom stereocenters. The Hall–Kier alpha value is -1.63. The fraction of sp³-hybridized carbons (Fsp3) is 0.250. The molecule has 0 saturated heterocycles. The molecule has 0 aliphatic carbocycles. The zero-order valence-electron chi connectivity index (χ0n) is 16.9. The highest BCUT2D eigenvalue weighted by Gasteiger charge is 2.16. The van der Waals surface area contributed by atoms with Crippen molar-refractivity contribution >= 4 is 18.5 Å². The Morgan fingerprint density at radius 1 is 0.690 bits per heavy atom. The number of rotatable bonds is 8. The van der Waals surface area contributed by atoms with E-state index in [9.17, 15) is 0 Å². The molecule has 0 spiro atoms. The van der Waals surface area contributed by atoms with E-state index in [0.29, 0.717) is 18.8 Å². The Kier molecular flexibility index (Phi) is 7.92. The Balaban J connectivity index is 2.13. The van der Waals surface area contributed by atoms with Crippen LogP contribution in [0.3, 0.4) is 0 Å². The van der Waals surface area contributed by atoms with Gasteiger partial charge in [0.05, 0.1) is 13.2 Å². The highest BCUT2D eigenvalue weighted by Crippen LogP contribution is 2.34. The second kappa shape index (κ2) is 10.4. The molecule has 0 amide bonds. The summed E-state index contributed by atoms with van der Waals surface area (Å²) in [4.78, 5) is 0. The summed E-state index contributed by atoms with van der Waals surface area (Å²) in [5.74, 6) is -0.244. The monoisotopic (exact) mass is 428 g/mol. The van der Waals surface area contributed by atoms with Crippen LogP contribution in [0.1, 0.15) is 22.3 Å². The van der Waals surface area contributed by atoms with Gasteiger partial charge in [-0.2, -0.15) is 0 Å². The van der Waals surface area contributed by atoms with E-state index in [-0.39, 0.29) is 5.82 Å². The van der Waals surface area contributed by atoms with Crippen molar-refractivity contribution in [3.63, 3.8) is 0 Å². The normalized spacial score (nSPS) is 11.1. The van der Waals surface area contributed by atoms with E-state index in [2.05, 4.69) is 36.7 Å². The van der Waals surface area contributed by atoms with Crippen molar-refractivity contribution in [3.8, 4) is 22.3 Å². The van der Waals surface area contributed by atoms with Gasteiger partial charge >= 0.3 is 0 Å². The van der Waals surface area contributed by atoms with Crippen LogP contribution >= 0.6 is 18.5 Å². The van der Waals surface area contributed by atoms with E-state index >= 15 is 4.39 Å². The maximum Gasteiger partial charge on any atom is 0.131 e. The lowest BCUT2D eigenvalue weighted by Crippen LogP contribution is -2.00. The molecule has 3 aromatic carbocycles. The third kappa shape index (κ3) is 5.11. The number of methoxy groups -OCH3 is 2. The minimum absolute atomic E-state index is 0.244. The summed E-state index contributed by atoms with van der Waals surface area (Å²) in [6, 6.07) is 17.9. The SMILES string of the molecule is COCc1cc(-c2ccc(CP)cc2COC)c(F)cc1-c1ccc(CP)cc1. The number of halogens is 1. The third-order valence-corrected chi connectivity index (χ3v) is 5.93. The summed E-state index contributed by atoms with van der Waals surface area (Å²) in [7, 11) is 8.76. The average Bonchev–Trinajstić information content (AvgIpc) is 2.75. The van der Waals surface area contributed by atoms with Crippen molar-refractivity contribution in [3.05, 3.63) is 82.7 Å². The summed E-state index contributed by atoms with van der Waals surface area (Å²) in [5, 5.41) is 0. The molecule has 3 aromatic rings. The number of hydrogen-bond acceptors (Lipinski definition) is 2. The maximum atomic E-state index is 15.3. The third-order valence-electron chi connectivity index (χ3n) is 4.99. The van der Waals surface area contributed by atoms with Gasteiger partial charge in [-0.15, -0.1) is 18.5 Å². The van der Waals surface area contributed by atoms with Crippen molar-refractivity contribution in [2.75, 3.05) is 14.2 Å². The first-order valence-electron chi connectivity index (χ1n) is 9.53. The van der Waals surface area contributed by atoms with Gasteiger partial charge in [-0.05, 0) is 63.4 Å². The molecule has 2 nitrogen and oxygen atoms in total. The fourth-order valence-electron chi connectivity index (χ4n) is 3.50.